The number of halogens is 1. The molecule has 1 atom stereocenters. The minimum absolute atomic E-state index is 0. The van der Waals surface area contributed by atoms with Crippen molar-refractivity contribution >= 4 is 18.3 Å². The summed E-state index contributed by atoms with van der Waals surface area (Å²) in [6, 6.07) is 5.41. The van der Waals surface area contributed by atoms with Gasteiger partial charge in [0.25, 0.3) is 0 Å². The fourth-order valence-corrected chi connectivity index (χ4v) is 3.08. The van der Waals surface area contributed by atoms with E-state index >= 15 is 0 Å². The largest absolute Gasteiger partial charge is 0.497 e. The van der Waals surface area contributed by atoms with Crippen LogP contribution in [0.15, 0.2) is 18.2 Å². The molecule has 0 bridgehead atoms. The van der Waals surface area contributed by atoms with Crippen LogP contribution in [0.25, 0.3) is 5.69 Å². The quantitative estimate of drug-likeness (QED) is 0.780. The molecule has 1 saturated heterocycles. The van der Waals surface area contributed by atoms with Gasteiger partial charge in [-0.3, -0.25) is 4.79 Å². The van der Waals surface area contributed by atoms with Crippen molar-refractivity contribution in [3.8, 4) is 17.2 Å². The third kappa shape index (κ3) is 4.86. The van der Waals surface area contributed by atoms with Crippen LogP contribution >= 0.6 is 12.4 Å². The molecule has 0 spiro atoms. The Bertz CT molecular complexity index is 741. The smallest absolute Gasteiger partial charge is 0.227 e. The minimum Gasteiger partial charge on any atom is -0.497 e. The van der Waals surface area contributed by atoms with E-state index in [-0.39, 0.29) is 24.2 Å². The maximum Gasteiger partial charge on any atom is 0.227 e. The summed E-state index contributed by atoms with van der Waals surface area (Å²) in [7, 11) is 4.95. The van der Waals surface area contributed by atoms with Gasteiger partial charge in [0.15, 0.2) is 5.82 Å². The Morgan fingerprint density at radius 1 is 1.30 bits per heavy atom. The molecule has 10 heteroatoms. The number of carbonyl (C=O) groups excluding carboxylic acids is 1. The van der Waals surface area contributed by atoms with Crippen molar-refractivity contribution in [3.63, 3.8) is 0 Å². The fourth-order valence-electron chi connectivity index (χ4n) is 3.08. The summed E-state index contributed by atoms with van der Waals surface area (Å²) in [5.41, 5.74) is 0.710. The van der Waals surface area contributed by atoms with Gasteiger partial charge in [-0.15, -0.1) is 17.5 Å². The lowest BCUT2D eigenvalue weighted by atomic mass is 9.98. The van der Waals surface area contributed by atoms with Gasteiger partial charge < -0.3 is 19.7 Å². The van der Waals surface area contributed by atoms with Gasteiger partial charge in [-0.25, -0.2) is 0 Å². The number of nitrogens with one attached hydrogen (secondary N) is 1. The molecule has 0 saturated carbocycles. The van der Waals surface area contributed by atoms with Crippen molar-refractivity contribution in [1.29, 1.82) is 0 Å². The number of nitrogens with zero attached hydrogens (tertiary/aromatic N) is 5. The zero-order valence-corrected chi connectivity index (χ0v) is 16.5. The van der Waals surface area contributed by atoms with Crippen LogP contribution in [0, 0.1) is 5.92 Å². The third-order valence-corrected chi connectivity index (χ3v) is 4.52. The third-order valence-electron chi connectivity index (χ3n) is 4.52. The van der Waals surface area contributed by atoms with Gasteiger partial charge in [0, 0.05) is 31.8 Å². The van der Waals surface area contributed by atoms with E-state index < -0.39 is 0 Å². The Kier molecular flexibility index (Phi) is 7.37. The fraction of sp³-hybridized carbons (Fsp3) is 0.529. The first-order valence-corrected chi connectivity index (χ1v) is 8.58. The van der Waals surface area contributed by atoms with E-state index in [1.165, 1.54) is 0 Å². The van der Waals surface area contributed by atoms with Crippen LogP contribution in [0.2, 0.25) is 0 Å². The highest BCUT2D eigenvalue weighted by atomic mass is 35.5. The lowest BCUT2D eigenvalue weighted by molar-refractivity contribution is -0.135. The van der Waals surface area contributed by atoms with Gasteiger partial charge in [0.05, 0.1) is 32.4 Å². The van der Waals surface area contributed by atoms with Crippen LogP contribution in [0.5, 0.6) is 11.5 Å². The number of methoxy groups -OCH3 is 2. The number of hydrogen-bond donors (Lipinski definition) is 1. The first-order chi connectivity index (χ1) is 12.6. The summed E-state index contributed by atoms with van der Waals surface area (Å²) in [6.07, 6.45) is 1.93. The Balaban J connectivity index is 0.00000261. The van der Waals surface area contributed by atoms with Crippen molar-refractivity contribution in [3.05, 3.63) is 24.0 Å². The van der Waals surface area contributed by atoms with E-state index in [1.54, 1.807) is 36.9 Å². The number of amides is 1. The predicted molar refractivity (Wildman–Crippen MR) is 102 cm³/mol. The monoisotopic (exact) mass is 396 g/mol. The average molecular weight is 397 g/mol. The van der Waals surface area contributed by atoms with Crippen LogP contribution in [0.4, 0.5) is 0 Å². The highest BCUT2D eigenvalue weighted by Gasteiger charge is 2.25. The van der Waals surface area contributed by atoms with Gasteiger partial charge in [-0.2, -0.15) is 4.68 Å². The Hall–Kier alpha value is -2.39. The molecular formula is C17H25ClN6O3. The topological polar surface area (TPSA) is 94.4 Å². The first-order valence-electron chi connectivity index (χ1n) is 8.58. The second-order valence-corrected chi connectivity index (χ2v) is 6.32. The molecule has 3 rings (SSSR count). The van der Waals surface area contributed by atoms with Gasteiger partial charge in [-0.05, 0) is 29.8 Å². The summed E-state index contributed by atoms with van der Waals surface area (Å²) < 4.78 is 12.2. The molecule has 148 valence electrons. The number of rotatable bonds is 6. The van der Waals surface area contributed by atoms with Gasteiger partial charge in [0.2, 0.25) is 5.91 Å². The molecule has 2 aromatic rings. The molecule has 1 aliphatic heterocycles. The van der Waals surface area contributed by atoms with Crippen LogP contribution in [0.3, 0.4) is 0 Å². The van der Waals surface area contributed by atoms with Crippen molar-refractivity contribution < 1.29 is 14.3 Å². The molecule has 9 nitrogen and oxygen atoms in total. The predicted octanol–water partition coefficient (Wildman–Crippen LogP) is 1.06. The van der Waals surface area contributed by atoms with Crippen LogP contribution in [0.1, 0.15) is 18.7 Å². The second kappa shape index (κ2) is 9.52. The molecule has 1 fully saturated rings. The summed E-state index contributed by atoms with van der Waals surface area (Å²) in [5.74, 6) is 1.96. The second-order valence-electron chi connectivity index (χ2n) is 6.32. The molecule has 1 aromatic heterocycles. The van der Waals surface area contributed by atoms with E-state index in [1.807, 2.05) is 12.1 Å². The molecule has 1 N–H and O–H groups in total. The van der Waals surface area contributed by atoms with E-state index in [2.05, 4.69) is 20.8 Å². The average Bonchev–Trinajstić information content (AvgIpc) is 3.15. The van der Waals surface area contributed by atoms with Crippen molar-refractivity contribution in [2.24, 2.45) is 5.92 Å². The molecule has 27 heavy (non-hydrogen) atoms. The standard InChI is InChI=1S/C17H24N6O3.ClH/c1-22(17(24)12-5-4-6-18-10-12)11-16-19-20-21-23(16)13-7-14(25-2)9-15(8-13)26-3;/h7-9,12,18H,4-6,10-11H2,1-3H3;1H. The summed E-state index contributed by atoms with van der Waals surface area (Å²) >= 11 is 0. The summed E-state index contributed by atoms with van der Waals surface area (Å²) in [6.45, 7) is 2.02. The van der Waals surface area contributed by atoms with Gasteiger partial charge >= 0.3 is 0 Å². The molecule has 2 heterocycles. The summed E-state index contributed by atoms with van der Waals surface area (Å²) in [4.78, 5) is 14.3. The van der Waals surface area contributed by atoms with Gasteiger partial charge in [0.1, 0.15) is 11.5 Å². The zero-order chi connectivity index (χ0) is 18.5. The maximum atomic E-state index is 12.6. The lowest BCUT2D eigenvalue weighted by Crippen LogP contribution is -2.41. The van der Waals surface area contributed by atoms with Crippen molar-refractivity contribution in [2.45, 2.75) is 19.4 Å². The van der Waals surface area contributed by atoms with E-state index in [0.29, 0.717) is 29.6 Å². The highest BCUT2D eigenvalue weighted by Crippen LogP contribution is 2.25. The van der Waals surface area contributed by atoms with Crippen LogP contribution < -0.4 is 14.8 Å². The molecule has 1 unspecified atom stereocenters. The first kappa shape index (κ1) is 20.9. The number of ether oxygens (including phenoxy) is 2. The molecule has 1 aromatic carbocycles. The molecule has 1 aliphatic rings. The number of hydrogen-bond acceptors (Lipinski definition) is 7. The highest BCUT2D eigenvalue weighted by molar-refractivity contribution is 5.85. The van der Waals surface area contributed by atoms with Crippen LogP contribution in [-0.2, 0) is 11.3 Å². The van der Waals surface area contributed by atoms with Crippen LogP contribution in [-0.4, -0.2) is 65.4 Å². The van der Waals surface area contributed by atoms with Gasteiger partial charge in [-0.1, -0.05) is 0 Å². The molecule has 1 amide bonds. The maximum absolute atomic E-state index is 12.6. The lowest BCUT2D eigenvalue weighted by Gasteiger charge is -2.26. The Morgan fingerprint density at radius 2 is 2.00 bits per heavy atom. The Labute approximate surface area is 164 Å². The number of aromatic nitrogens is 4. The van der Waals surface area contributed by atoms with Crippen molar-refractivity contribution in [1.82, 2.24) is 30.4 Å². The summed E-state index contributed by atoms with van der Waals surface area (Å²) in [5, 5.41) is 15.2. The van der Waals surface area contributed by atoms with E-state index in [4.69, 9.17) is 9.47 Å². The normalized spacial score (nSPS) is 16.3. The zero-order valence-electron chi connectivity index (χ0n) is 15.7. The number of piperidine rings is 1. The Morgan fingerprint density at radius 3 is 2.59 bits per heavy atom. The van der Waals surface area contributed by atoms with E-state index in [9.17, 15) is 4.79 Å². The number of tetrazole rings is 1. The molecular weight excluding hydrogens is 372 g/mol. The number of carbonyl (C=O) groups is 1. The number of benzene rings is 1. The van der Waals surface area contributed by atoms with E-state index in [0.717, 1.165) is 25.9 Å². The SMILES string of the molecule is COc1cc(OC)cc(-n2nnnc2CN(C)C(=O)C2CCCNC2)c1.Cl. The molecule has 0 aliphatic carbocycles. The minimum atomic E-state index is 0. The molecule has 0 radical (unpaired) electrons. The van der Waals surface area contributed by atoms with Crippen molar-refractivity contribution in [2.75, 3.05) is 34.4 Å².